The van der Waals surface area contributed by atoms with Gasteiger partial charge in [-0.2, -0.15) is 5.10 Å². The molecule has 2 aromatic rings. The van der Waals surface area contributed by atoms with E-state index in [0.717, 1.165) is 18.0 Å². The maximum atomic E-state index is 11.7. The minimum Gasteiger partial charge on any atom is -0.467 e. The van der Waals surface area contributed by atoms with E-state index in [4.69, 9.17) is 4.42 Å². The van der Waals surface area contributed by atoms with Crippen LogP contribution in [-0.2, 0) is 16.1 Å². The predicted octanol–water partition coefficient (Wildman–Crippen LogP) is 2.10. The summed E-state index contributed by atoms with van der Waals surface area (Å²) >= 11 is 1.62. The van der Waals surface area contributed by atoms with Crippen LogP contribution in [0.3, 0.4) is 0 Å². The van der Waals surface area contributed by atoms with Crippen molar-refractivity contribution in [2.24, 2.45) is 5.10 Å². The van der Waals surface area contributed by atoms with E-state index in [-0.39, 0.29) is 6.54 Å². The fraction of sp³-hybridized carbons (Fsp3) is 0.353. The van der Waals surface area contributed by atoms with E-state index in [2.05, 4.69) is 26.8 Å². The summed E-state index contributed by atoms with van der Waals surface area (Å²) in [5.74, 6) is -0.988. The lowest BCUT2D eigenvalue weighted by Gasteiger charge is -2.27. The SMILES string of the molecule is O=C(NCc1ccco1)C(=O)N/N=C/c1ccc(N2CCCCC2)s1. The van der Waals surface area contributed by atoms with Crippen LogP contribution >= 0.6 is 11.3 Å². The number of hydrogen-bond acceptors (Lipinski definition) is 6. The Balaban J connectivity index is 1.45. The van der Waals surface area contributed by atoms with Crippen LogP contribution in [0.15, 0.2) is 40.0 Å². The van der Waals surface area contributed by atoms with Gasteiger partial charge >= 0.3 is 11.8 Å². The van der Waals surface area contributed by atoms with Crippen molar-refractivity contribution < 1.29 is 14.0 Å². The molecule has 0 atom stereocenters. The summed E-state index contributed by atoms with van der Waals surface area (Å²) in [7, 11) is 0. The molecule has 3 rings (SSSR count). The minimum atomic E-state index is -0.810. The Morgan fingerprint density at radius 2 is 2.04 bits per heavy atom. The summed E-state index contributed by atoms with van der Waals surface area (Å²) in [4.78, 5) is 26.6. The normalized spacial score (nSPS) is 14.6. The predicted molar refractivity (Wildman–Crippen MR) is 96.7 cm³/mol. The van der Waals surface area contributed by atoms with Crippen LogP contribution in [0.1, 0.15) is 29.9 Å². The number of anilines is 1. The number of thiophene rings is 1. The van der Waals surface area contributed by atoms with Crippen molar-refractivity contribution in [3.63, 3.8) is 0 Å². The van der Waals surface area contributed by atoms with Gasteiger partial charge in [-0.15, -0.1) is 11.3 Å². The molecule has 0 unspecified atom stereocenters. The molecule has 1 saturated heterocycles. The van der Waals surface area contributed by atoms with Gasteiger partial charge in [-0.25, -0.2) is 5.43 Å². The van der Waals surface area contributed by atoms with Crippen molar-refractivity contribution in [3.05, 3.63) is 41.2 Å². The maximum absolute atomic E-state index is 11.7. The number of piperidine rings is 1. The van der Waals surface area contributed by atoms with E-state index < -0.39 is 11.8 Å². The molecular weight excluding hydrogens is 340 g/mol. The summed E-state index contributed by atoms with van der Waals surface area (Å²) in [6.45, 7) is 2.33. The first-order chi connectivity index (χ1) is 12.2. The van der Waals surface area contributed by atoms with Crippen LogP contribution in [0.25, 0.3) is 0 Å². The molecule has 2 aromatic heterocycles. The molecule has 1 fully saturated rings. The topological polar surface area (TPSA) is 86.9 Å². The molecule has 132 valence electrons. The summed E-state index contributed by atoms with van der Waals surface area (Å²) in [5, 5.41) is 7.52. The highest BCUT2D eigenvalue weighted by Crippen LogP contribution is 2.27. The summed E-state index contributed by atoms with van der Waals surface area (Å²) in [5.41, 5.74) is 2.23. The maximum Gasteiger partial charge on any atom is 0.329 e. The lowest BCUT2D eigenvalue weighted by Crippen LogP contribution is -2.37. The van der Waals surface area contributed by atoms with Crippen LogP contribution < -0.4 is 15.6 Å². The summed E-state index contributed by atoms with van der Waals surface area (Å²) in [6.07, 6.45) is 6.81. The molecule has 1 aliphatic rings. The number of nitrogens with zero attached hydrogens (tertiary/aromatic N) is 2. The van der Waals surface area contributed by atoms with Crippen molar-refractivity contribution >= 4 is 34.4 Å². The average molecular weight is 360 g/mol. The van der Waals surface area contributed by atoms with E-state index in [0.29, 0.717) is 5.76 Å². The lowest BCUT2D eigenvalue weighted by molar-refractivity contribution is -0.139. The Kier molecular flexibility index (Phi) is 5.84. The molecule has 3 heterocycles. The van der Waals surface area contributed by atoms with Gasteiger partial charge in [0.05, 0.1) is 24.0 Å². The number of furan rings is 1. The zero-order valence-corrected chi connectivity index (χ0v) is 14.6. The number of carbonyl (C=O) groups excluding carboxylic acids is 2. The fourth-order valence-electron chi connectivity index (χ4n) is 2.56. The van der Waals surface area contributed by atoms with Crippen molar-refractivity contribution in [2.75, 3.05) is 18.0 Å². The second-order valence-electron chi connectivity index (χ2n) is 5.68. The molecule has 0 radical (unpaired) electrons. The Morgan fingerprint density at radius 3 is 2.80 bits per heavy atom. The van der Waals surface area contributed by atoms with E-state index in [1.807, 2.05) is 6.07 Å². The van der Waals surface area contributed by atoms with Gasteiger partial charge in [-0.05, 0) is 43.5 Å². The Hall–Kier alpha value is -2.61. The molecule has 0 aromatic carbocycles. The second kappa shape index (κ2) is 8.48. The first-order valence-corrected chi connectivity index (χ1v) is 9.02. The van der Waals surface area contributed by atoms with Crippen LogP contribution in [-0.4, -0.2) is 31.1 Å². The molecule has 1 aliphatic heterocycles. The molecule has 0 spiro atoms. The monoisotopic (exact) mass is 360 g/mol. The third-order valence-electron chi connectivity index (χ3n) is 3.85. The third kappa shape index (κ3) is 4.93. The van der Waals surface area contributed by atoms with E-state index in [9.17, 15) is 9.59 Å². The van der Waals surface area contributed by atoms with Gasteiger partial charge in [0.25, 0.3) is 0 Å². The van der Waals surface area contributed by atoms with Gasteiger partial charge in [0, 0.05) is 18.0 Å². The van der Waals surface area contributed by atoms with Gasteiger partial charge in [0.2, 0.25) is 0 Å². The average Bonchev–Trinajstić information content (AvgIpc) is 3.32. The lowest BCUT2D eigenvalue weighted by atomic mass is 10.1. The number of hydrogen-bond donors (Lipinski definition) is 2. The Bertz CT molecular complexity index is 733. The minimum absolute atomic E-state index is 0.160. The molecule has 7 nitrogen and oxygen atoms in total. The highest BCUT2D eigenvalue weighted by Gasteiger charge is 2.14. The standard InChI is InChI=1S/C17H20N4O3S/c22-16(18-11-13-5-4-10-24-13)17(23)20-19-12-14-6-7-15(25-14)21-8-2-1-3-9-21/h4-7,10,12H,1-3,8-9,11H2,(H,18,22)(H,20,23)/b19-12+. The molecule has 0 bridgehead atoms. The first-order valence-electron chi connectivity index (χ1n) is 8.21. The van der Waals surface area contributed by atoms with Gasteiger partial charge in [-0.3, -0.25) is 9.59 Å². The van der Waals surface area contributed by atoms with Crippen molar-refractivity contribution in [1.82, 2.24) is 10.7 Å². The molecular formula is C17H20N4O3S. The van der Waals surface area contributed by atoms with Crippen molar-refractivity contribution in [2.45, 2.75) is 25.8 Å². The summed E-state index contributed by atoms with van der Waals surface area (Å²) < 4.78 is 5.08. The number of hydrazone groups is 1. The molecule has 8 heteroatoms. The van der Waals surface area contributed by atoms with E-state index in [1.54, 1.807) is 29.7 Å². The van der Waals surface area contributed by atoms with Crippen molar-refractivity contribution in [3.8, 4) is 0 Å². The Morgan fingerprint density at radius 1 is 1.20 bits per heavy atom. The zero-order chi connectivity index (χ0) is 17.5. The number of nitrogens with one attached hydrogen (secondary N) is 2. The van der Waals surface area contributed by atoms with Gasteiger partial charge < -0.3 is 14.6 Å². The van der Waals surface area contributed by atoms with Gasteiger partial charge in [0.15, 0.2) is 0 Å². The Labute approximate surface area is 149 Å². The highest BCUT2D eigenvalue weighted by atomic mass is 32.1. The molecule has 2 N–H and O–H groups in total. The number of amides is 2. The highest BCUT2D eigenvalue weighted by molar-refractivity contribution is 7.17. The molecule has 2 amide bonds. The zero-order valence-electron chi connectivity index (χ0n) is 13.7. The molecule has 0 aliphatic carbocycles. The first kappa shape index (κ1) is 17.2. The molecule has 0 saturated carbocycles. The smallest absolute Gasteiger partial charge is 0.329 e. The largest absolute Gasteiger partial charge is 0.467 e. The summed E-state index contributed by atoms with van der Waals surface area (Å²) in [6, 6.07) is 7.45. The van der Waals surface area contributed by atoms with Crippen molar-refractivity contribution in [1.29, 1.82) is 0 Å². The number of carbonyl (C=O) groups is 2. The van der Waals surface area contributed by atoms with Crippen LogP contribution in [0.4, 0.5) is 5.00 Å². The molecule has 25 heavy (non-hydrogen) atoms. The van der Waals surface area contributed by atoms with Gasteiger partial charge in [0.1, 0.15) is 5.76 Å². The van der Waals surface area contributed by atoms with Crippen LogP contribution in [0.5, 0.6) is 0 Å². The van der Waals surface area contributed by atoms with Crippen LogP contribution in [0.2, 0.25) is 0 Å². The van der Waals surface area contributed by atoms with Gasteiger partial charge in [-0.1, -0.05) is 0 Å². The van der Waals surface area contributed by atoms with E-state index in [1.165, 1.54) is 30.5 Å². The number of rotatable bonds is 5. The van der Waals surface area contributed by atoms with E-state index >= 15 is 0 Å². The fourth-order valence-corrected chi connectivity index (χ4v) is 3.49. The van der Waals surface area contributed by atoms with Crippen LogP contribution in [0, 0.1) is 0 Å². The second-order valence-corrected chi connectivity index (χ2v) is 6.78. The quantitative estimate of drug-likeness (QED) is 0.486. The third-order valence-corrected chi connectivity index (χ3v) is 4.93.